The Labute approximate surface area is 175 Å². The number of rotatable bonds is 2. The van der Waals surface area contributed by atoms with E-state index in [4.69, 9.17) is 16.3 Å². The molecule has 0 N–H and O–H groups in total. The Kier molecular flexibility index (Phi) is 5.49. The summed E-state index contributed by atoms with van der Waals surface area (Å²) in [6.07, 6.45) is 1.35. The van der Waals surface area contributed by atoms with Crippen molar-refractivity contribution in [2.24, 2.45) is 5.92 Å². The smallest absolute Gasteiger partial charge is 0.225 e. The average molecular weight is 417 g/mol. The third-order valence-electron chi connectivity index (χ3n) is 5.93. The molecule has 1 amide bonds. The number of morpholine rings is 1. The summed E-state index contributed by atoms with van der Waals surface area (Å²) in [6.45, 7) is 6.25. The van der Waals surface area contributed by atoms with Crippen molar-refractivity contribution < 1.29 is 19.1 Å². The van der Waals surface area contributed by atoms with Crippen molar-refractivity contribution in [2.75, 3.05) is 26.2 Å². The number of allylic oxidation sites excluding steroid dienone is 2. The monoisotopic (exact) mass is 416 g/mol. The van der Waals surface area contributed by atoms with Crippen molar-refractivity contribution in [1.29, 1.82) is 0 Å². The Bertz CT molecular complexity index is 879. The molecule has 3 aliphatic rings. The lowest BCUT2D eigenvalue weighted by atomic mass is 9.89. The highest BCUT2D eigenvalue weighted by molar-refractivity contribution is 6.49. The van der Waals surface area contributed by atoms with Crippen LogP contribution in [-0.4, -0.2) is 65.7 Å². The quantitative estimate of drug-likeness (QED) is 0.741. The predicted molar refractivity (Wildman–Crippen MR) is 109 cm³/mol. The number of benzene rings is 1. The molecule has 0 spiro atoms. The normalized spacial score (nSPS) is 26.0. The second kappa shape index (κ2) is 7.92. The van der Waals surface area contributed by atoms with Gasteiger partial charge >= 0.3 is 0 Å². The number of carbonyl (C=O) groups is 3. The van der Waals surface area contributed by atoms with Gasteiger partial charge in [0.15, 0.2) is 0 Å². The van der Waals surface area contributed by atoms with Gasteiger partial charge in [-0.3, -0.25) is 14.4 Å². The minimum Gasteiger partial charge on any atom is -0.372 e. The highest BCUT2D eigenvalue weighted by Crippen LogP contribution is 2.33. The first-order valence-electron chi connectivity index (χ1n) is 10.1. The number of piperidine rings is 1. The van der Waals surface area contributed by atoms with Gasteiger partial charge in [0, 0.05) is 43.2 Å². The third kappa shape index (κ3) is 3.71. The molecule has 2 heterocycles. The summed E-state index contributed by atoms with van der Waals surface area (Å²) < 4.78 is 5.72. The number of carbonyl (C=O) groups excluding carboxylic acids is 3. The van der Waals surface area contributed by atoms with Crippen LogP contribution < -0.4 is 0 Å². The standard InChI is InChI=1S/C22H25ClN2O4/c1-13-11-25(12-14(2)29-13)22(28)15-7-9-24(10-8-15)19-18(23)20(26)16-5-3-4-6-17(16)21(19)27/h3-6,13-15H,7-12H2,1-2H3. The van der Waals surface area contributed by atoms with Crippen molar-refractivity contribution >= 4 is 29.1 Å². The molecule has 1 aromatic carbocycles. The van der Waals surface area contributed by atoms with Crippen LogP contribution in [0.3, 0.4) is 0 Å². The number of hydrogen-bond acceptors (Lipinski definition) is 5. The largest absolute Gasteiger partial charge is 0.372 e. The first-order valence-corrected chi connectivity index (χ1v) is 10.5. The molecule has 2 aliphatic heterocycles. The van der Waals surface area contributed by atoms with Gasteiger partial charge in [0.05, 0.1) is 12.2 Å². The van der Waals surface area contributed by atoms with Gasteiger partial charge in [-0.25, -0.2) is 0 Å². The van der Waals surface area contributed by atoms with E-state index in [0.29, 0.717) is 50.1 Å². The van der Waals surface area contributed by atoms with Crippen LogP contribution in [0.1, 0.15) is 47.4 Å². The predicted octanol–water partition coefficient (Wildman–Crippen LogP) is 2.86. The SMILES string of the molecule is CC1CN(C(=O)C2CCN(C3=C(Cl)C(=O)c4ccccc4C3=O)CC2)CC(C)O1. The Hall–Kier alpha value is -2.18. The van der Waals surface area contributed by atoms with E-state index < -0.39 is 0 Å². The van der Waals surface area contributed by atoms with Crippen molar-refractivity contribution in [3.8, 4) is 0 Å². The van der Waals surface area contributed by atoms with Crippen LogP contribution in [0.2, 0.25) is 0 Å². The molecule has 0 radical (unpaired) electrons. The molecular formula is C22H25ClN2O4. The van der Waals surface area contributed by atoms with Crippen molar-refractivity contribution in [3.05, 3.63) is 46.1 Å². The van der Waals surface area contributed by atoms with Gasteiger partial charge < -0.3 is 14.5 Å². The van der Waals surface area contributed by atoms with Crippen molar-refractivity contribution in [1.82, 2.24) is 9.80 Å². The molecule has 1 aromatic rings. The number of hydrogen-bond donors (Lipinski definition) is 0. The molecule has 29 heavy (non-hydrogen) atoms. The summed E-state index contributed by atoms with van der Waals surface area (Å²) in [4.78, 5) is 42.3. The number of Topliss-reactive ketones (excluding diaryl/α,β-unsaturated/α-hetero) is 2. The van der Waals surface area contributed by atoms with E-state index in [2.05, 4.69) is 0 Å². The maximum Gasteiger partial charge on any atom is 0.225 e. The van der Waals surface area contributed by atoms with Gasteiger partial charge in [0.2, 0.25) is 17.5 Å². The number of ether oxygens (including phenoxy) is 1. The summed E-state index contributed by atoms with van der Waals surface area (Å²) in [6, 6.07) is 6.76. The Morgan fingerprint density at radius 2 is 1.55 bits per heavy atom. The van der Waals surface area contributed by atoms with E-state index in [0.717, 1.165) is 0 Å². The molecule has 7 heteroatoms. The van der Waals surface area contributed by atoms with Gasteiger partial charge in [-0.15, -0.1) is 0 Å². The number of halogens is 1. The molecule has 6 nitrogen and oxygen atoms in total. The molecule has 154 valence electrons. The third-order valence-corrected chi connectivity index (χ3v) is 6.28. The molecule has 2 fully saturated rings. The van der Waals surface area contributed by atoms with Gasteiger partial charge in [-0.1, -0.05) is 35.9 Å². The molecule has 0 aromatic heterocycles. The highest BCUT2D eigenvalue weighted by atomic mass is 35.5. The number of amides is 1. The van der Waals surface area contributed by atoms with E-state index in [1.54, 1.807) is 24.3 Å². The zero-order chi connectivity index (χ0) is 20.7. The fraction of sp³-hybridized carbons (Fsp3) is 0.500. The number of ketones is 2. The Morgan fingerprint density at radius 3 is 2.14 bits per heavy atom. The minimum absolute atomic E-state index is 0.0192. The average Bonchev–Trinajstić information content (AvgIpc) is 2.71. The molecule has 2 saturated heterocycles. The first-order chi connectivity index (χ1) is 13.9. The van der Waals surface area contributed by atoms with Gasteiger partial charge in [-0.2, -0.15) is 0 Å². The molecular weight excluding hydrogens is 392 g/mol. The van der Waals surface area contributed by atoms with E-state index in [1.807, 2.05) is 23.6 Å². The molecule has 1 aliphatic carbocycles. The van der Waals surface area contributed by atoms with Crippen LogP contribution in [0.5, 0.6) is 0 Å². The van der Waals surface area contributed by atoms with Crippen molar-refractivity contribution in [3.63, 3.8) is 0 Å². The van der Waals surface area contributed by atoms with E-state index in [9.17, 15) is 14.4 Å². The molecule has 4 rings (SSSR count). The summed E-state index contributed by atoms with van der Waals surface area (Å²) >= 11 is 6.32. The fourth-order valence-corrected chi connectivity index (χ4v) is 4.89. The number of likely N-dealkylation sites (tertiary alicyclic amines) is 1. The molecule has 0 bridgehead atoms. The lowest BCUT2D eigenvalue weighted by Crippen LogP contribution is -2.51. The maximum absolute atomic E-state index is 13.0. The Morgan fingerprint density at radius 1 is 1.00 bits per heavy atom. The van der Waals surface area contributed by atoms with Crippen LogP contribution in [-0.2, 0) is 9.53 Å². The molecule has 2 atom stereocenters. The fourth-order valence-electron chi connectivity index (χ4n) is 4.58. The van der Waals surface area contributed by atoms with Crippen LogP contribution in [0, 0.1) is 5.92 Å². The molecule has 0 saturated carbocycles. The highest BCUT2D eigenvalue weighted by Gasteiger charge is 2.38. The van der Waals surface area contributed by atoms with Gasteiger partial charge in [-0.05, 0) is 26.7 Å². The zero-order valence-electron chi connectivity index (χ0n) is 16.7. The summed E-state index contributed by atoms with van der Waals surface area (Å²) in [5.41, 5.74) is 1.02. The second-order valence-corrected chi connectivity index (χ2v) is 8.51. The Balaban J connectivity index is 1.46. The molecule has 2 unspecified atom stereocenters. The van der Waals surface area contributed by atoms with Crippen LogP contribution >= 0.6 is 11.6 Å². The summed E-state index contributed by atoms with van der Waals surface area (Å²) in [5.74, 6) is -0.454. The van der Waals surface area contributed by atoms with Gasteiger partial charge in [0.25, 0.3) is 0 Å². The lowest BCUT2D eigenvalue weighted by Gasteiger charge is -2.40. The van der Waals surface area contributed by atoms with Gasteiger partial charge in [0.1, 0.15) is 10.7 Å². The van der Waals surface area contributed by atoms with Crippen LogP contribution in [0.15, 0.2) is 35.0 Å². The number of nitrogens with zero attached hydrogens (tertiary/aromatic N) is 2. The first kappa shape index (κ1) is 20.1. The van der Waals surface area contributed by atoms with E-state index >= 15 is 0 Å². The van der Waals surface area contributed by atoms with Crippen LogP contribution in [0.25, 0.3) is 0 Å². The second-order valence-electron chi connectivity index (χ2n) is 8.13. The number of fused-ring (bicyclic) bond motifs is 1. The lowest BCUT2D eigenvalue weighted by molar-refractivity contribution is -0.148. The van der Waals surface area contributed by atoms with Crippen molar-refractivity contribution in [2.45, 2.75) is 38.9 Å². The minimum atomic E-state index is -0.314. The summed E-state index contributed by atoms with van der Waals surface area (Å²) in [5, 5.41) is -0.0192. The summed E-state index contributed by atoms with van der Waals surface area (Å²) in [7, 11) is 0. The van der Waals surface area contributed by atoms with Crippen LogP contribution in [0.4, 0.5) is 0 Å². The zero-order valence-corrected chi connectivity index (χ0v) is 17.4. The van der Waals surface area contributed by atoms with E-state index in [1.165, 1.54) is 0 Å². The maximum atomic E-state index is 13.0. The topological polar surface area (TPSA) is 66.9 Å². The van der Waals surface area contributed by atoms with E-state index in [-0.39, 0.29) is 46.3 Å².